The number of hydrogen-bond donors (Lipinski definition) is 2. The lowest BCUT2D eigenvalue weighted by molar-refractivity contribution is 0.0695. The predicted octanol–water partition coefficient (Wildman–Crippen LogP) is 2.12. The molecule has 0 radical (unpaired) electrons. The first kappa shape index (κ1) is 11.8. The normalized spacial score (nSPS) is 9.73. The number of carboxylic acids is 2. The van der Waals surface area contributed by atoms with Crippen molar-refractivity contribution in [3.8, 4) is 5.75 Å². The predicted molar refractivity (Wildman–Crippen MR) is 59.7 cm³/mol. The second-order valence-corrected chi connectivity index (χ2v) is 3.30. The Morgan fingerprint density at radius 2 is 1.87 bits per heavy atom. The summed E-state index contributed by atoms with van der Waals surface area (Å²) in [6, 6.07) is 2.44. The second-order valence-electron chi connectivity index (χ2n) is 2.86. The highest BCUT2D eigenvalue weighted by Gasteiger charge is 2.17. The lowest BCUT2D eigenvalue weighted by Crippen LogP contribution is -2.05. The van der Waals surface area contributed by atoms with E-state index in [4.69, 9.17) is 13.3 Å². The molecule has 5 nitrogen and oxygen atoms in total. The molecule has 0 aliphatic rings. The van der Waals surface area contributed by atoms with Gasteiger partial charge in [0, 0.05) is 0 Å². The molecule has 6 heteroatoms. The number of carboxylic acid groups (broad SMARTS) is 2. The molecule has 2 N–H and O–H groups in total. The Bertz CT molecular complexity index is 427. The molecular weight excluding hydrogens is 315 g/mol. The first-order chi connectivity index (χ1) is 6.97. The zero-order chi connectivity index (χ0) is 11.6. The van der Waals surface area contributed by atoms with Gasteiger partial charge in [-0.25, -0.2) is 9.59 Å². The monoisotopic (exact) mass is 322 g/mol. The minimum Gasteiger partial charge on any atom is -0.478 e. The lowest BCUT2D eigenvalue weighted by atomic mass is 10.1. The Balaban J connectivity index is 3.45. The third-order valence-electron chi connectivity index (χ3n) is 1.83. The van der Waals surface area contributed by atoms with Gasteiger partial charge in [0.15, 0.2) is 28.8 Å². The summed E-state index contributed by atoms with van der Waals surface area (Å²) >= 11 is 1.56. The maximum atomic E-state index is 10.8. The van der Waals surface area contributed by atoms with Gasteiger partial charge in [0.05, 0.1) is 5.56 Å². The van der Waals surface area contributed by atoms with Crippen LogP contribution in [0.4, 0.5) is 0 Å². The summed E-state index contributed by atoms with van der Waals surface area (Å²) in [4.78, 5) is 21.5. The first-order valence-corrected chi connectivity index (χ1v) is 4.75. The molecule has 0 fully saturated rings. The van der Waals surface area contributed by atoms with E-state index < -0.39 is 11.9 Å². The Hall–Kier alpha value is -1.31. The van der Waals surface area contributed by atoms with Crippen molar-refractivity contribution >= 4 is 34.9 Å². The SMILES string of the molecule is Cc1cc(C(=O)O)cc(C(=O)O)c1OI. The van der Waals surface area contributed by atoms with Gasteiger partial charge in [0.1, 0.15) is 5.56 Å². The van der Waals surface area contributed by atoms with Crippen LogP contribution in [0.5, 0.6) is 5.75 Å². The molecule has 0 atom stereocenters. The largest absolute Gasteiger partial charge is 0.478 e. The highest BCUT2D eigenvalue weighted by atomic mass is 127. The van der Waals surface area contributed by atoms with Gasteiger partial charge in [-0.1, -0.05) is 0 Å². The Morgan fingerprint density at radius 3 is 2.27 bits per heavy atom. The molecule has 15 heavy (non-hydrogen) atoms. The maximum absolute atomic E-state index is 10.8. The summed E-state index contributed by atoms with van der Waals surface area (Å²) in [5, 5.41) is 17.6. The molecule has 0 saturated carbocycles. The van der Waals surface area contributed by atoms with Crippen LogP contribution < -0.4 is 3.07 Å². The number of benzene rings is 1. The van der Waals surface area contributed by atoms with Gasteiger partial charge in [-0.05, 0) is 24.6 Å². The van der Waals surface area contributed by atoms with Crippen LogP contribution >= 0.6 is 23.0 Å². The summed E-state index contributed by atoms with van der Waals surface area (Å²) in [5.74, 6) is -2.21. The van der Waals surface area contributed by atoms with Crippen molar-refractivity contribution in [2.45, 2.75) is 6.92 Å². The van der Waals surface area contributed by atoms with Crippen molar-refractivity contribution in [3.05, 3.63) is 28.8 Å². The minimum absolute atomic E-state index is 0.0675. The van der Waals surface area contributed by atoms with E-state index in [2.05, 4.69) is 0 Å². The van der Waals surface area contributed by atoms with Crippen molar-refractivity contribution in [2.24, 2.45) is 0 Å². The fourth-order valence-electron chi connectivity index (χ4n) is 1.16. The summed E-state index contributed by atoms with van der Waals surface area (Å²) in [6.07, 6.45) is 0. The molecule has 0 aliphatic carbocycles. The van der Waals surface area contributed by atoms with Gasteiger partial charge in [-0.2, -0.15) is 0 Å². The van der Waals surface area contributed by atoms with Gasteiger partial charge < -0.3 is 13.3 Å². The molecule has 1 aromatic carbocycles. The highest BCUT2D eigenvalue weighted by molar-refractivity contribution is 14.1. The number of rotatable bonds is 3. The first-order valence-electron chi connectivity index (χ1n) is 3.87. The molecule has 1 aromatic rings. The van der Waals surface area contributed by atoms with Crippen LogP contribution in [0.1, 0.15) is 26.3 Å². The number of aromatic carboxylic acids is 2. The summed E-state index contributed by atoms with van der Waals surface area (Å²) < 4.78 is 4.87. The standard InChI is InChI=1S/C9H7IO5/c1-4-2-5(8(11)12)3-6(9(13)14)7(4)15-10/h2-3H,1H3,(H,11,12)(H,13,14). The van der Waals surface area contributed by atoms with E-state index in [1.807, 2.05) is 0 Å². The zero-order valence-corrected chi connectivity index (χ0v) is 9.81. The highest BCUT2D eigenvalue weighted by Crippen LogP contribution is 2.27. The molecule has 0 saturated heterocycles. The molecule has 0 spiro atoms. The summed E-state index contributed by atoms with van der Waals surface area (Å²) in [5.41, 5.74) is 0.255. The third kappa shape index (κ3) is 2.38. The van der Waals surface area contributed by atoms with E-state index in [1.54, 1.807) is 29.9 Å². The summed E-state index contributed by atoms with van der Waals surface area (Å²) in [6.45, 7) is 1.59. The number of halogens is 1. The Kier molecular flexibility index (Phi) is 3.51. The van der Waals surface area contributed by atoms with Crippen molar-refractivity contribution in [1.29, 1.82) is 0 Å². The molecule has 80 valence electrons. The van der Waals surface area contributed by atoms with Gasteiger partial charge in [0.25, 0.3) is 0 Å². The average Bonchev–Trinajstić information content (AvgIpc) is 2.16. The Morgan fingerprint density at radius 1 is 1.27 bits per heavy atom. The van der Waals surface area contributed by atoms with Crippen LogP contribution in [0, 0.1) is 6.92 Å². The van der Waals surface area contributed by atoms with Gasteiger partial charge in [0.2, 0.25) is 0 Å². The van der Waals surface area contributed by atoms with Crippen molar-refractivity contribution in [1.82, 2.24) is 0 Å². The average molecular weight is 322 g/mol. The van der Waals surface area contributed by atoms with E-state index in [0.29, 0.717) is 5.56 Å². The van der Waals surface area contributed by atoms with Gasteiger partial charge in [-0.3, -0.25) is 0 Å². The van der Waals surface area contributed by atoms with E-state index in [0.717, 1.165) is 6.07 Å². The van der Waals surface area contributed by atoms with Gasteiger partial charge >= 0.3 is 11.9 Å². The van der Waals surface area contributed by atoms with E-state index >= 15 is 0 Å². The second kappa shape index (κ2) is 4.47. The fourth-order valence-corrected chi connectivity index (χ4v) is 1.74. The molecule has 0 aromatic heterocycles. The van der Waals surface area contributed by atoms with E-state index in [9.17, 15) is 9.59 Å². The molecule has 0 bridgehead atoms. The van der Waals surface area contributed by atoms with Crippen molar-refractivity contribution < 1.29 is 22.9 Å². The molecule has 0 aliphatic heterocycles. The van der Waals surface area contributed by atoms with Crippen LogP contribution in [0.3, 0.4) is 0 Å². The number of hydrogen-bond acceptors (Lipinski definition) is 3. The van der Waals surface area contributed by atoms with Crippen LogP contribution in [0.2, 0.25) is 0 Å². The maximum Gasteiger partial charge on any atom is 0.339 e. The third-order valence-corrected chi connectivity index (χ3v) is 2.27. The molecule has 1 rings (SSSR count). The van der Waals surface area contributed by atoms with Gasteiger partial charge in [-0.15, -0.1) is 0 Å². The van der Waals surface area contributed by atoms with Crippen molar-refractivity contribution in [2.75, 3.05) is 0 Å². The lowest BCUT2D eigenvalue weighted by Gasteiger charge is -2.07. The molecule has 0 amide bonds. The quantitative estimate of drug-likeness (QED) is 0.833. The fraction of sp³-hybridized carbons (Fsp3) is 0.111. The van der Waals surface area contributed by atoms with Crippen LogP contribution in [-0.2, 0) is 0 Å². The molecular formula is C9H7IO5. The molecule has 0 heterocycles. The topological polar surface area (TPSA) is 83.8 Å². The number of aryl methyl sites for hydroxylation is 1. The minimum atomic E-state index is -1.21. The zero-order valence-electron chi connectivity index (χ0n) is 7.65. The van der Waals surface area contributed by atoms with Crippen LogP contribution in [0.15, 0.2) is 12.1 Å². The van der Waals surface area contributed by atoms with Crippen LogP contribution in [-0.4, -0.2) is 22.2 Å². The Labute approximate surface area is 99.4 Å². The van der Waals surface area contributed by atoms with Crippen molar-refractivity contribution in [3.63, 3.8) is 0 Å². The number of carbonyl (C=O) groups is 2. The van der Waals surface area contributed by atoms with E-state index in [-0.39, 0.29) is 16.9 Å². The van der Waals surface area contributed by atoms with Crippen LogP contribution in [0.25, 0.3) is 0 Å². The summed E-state index contributed by atoms with van der Waals surface area (Å²) in [7, 11) is 0. The van der Waals surface area contributed by atoms with E-state index in [1.165, 1.54) is 6.07 Å². The molecule has 0 unspecified atom stereocenters. The smallest absolute Gasteiger partial charge is 0.339 e.